The summed E-state index contributed by atoms with van der Waals surface area (Å²) in [6.07, 6.45) is 1.89. The number of non-ortho nitro benzene ring substituents is 1. The van der Waals surface area contributed by atoms with Crippen LogP contribution in [0.5, 0.6) is 11.5 Å². The third kappa shape index (κ3) is 2.94. The van der Waals surface area contributed by atoms with Crippen molar-refractivity contribution < 1.29 is 18.8 Å². The molecule has 2 aromatic carbocycles. The van der Waals surface area contributed by atoms with Crippen molar-refractivity contribution in [1.29, 1.82) is 0 Å². The first-order valence-electron chi connectivity index (χ1n) is 8.92. The van der Waals surface area contributed by atoms with Gasteiger partial charge in [-0.3, -0.25) is 10.1 Å². The van der Waals surface area contributed by atoms with Gasteiger partial charge in [0.1, 0.15) is 0 Å². The van der Waals surface area contributed by atoms with E-state index >= 15 is 0 Å². The Morgan fingerprint density at radius 2 is 1.93 bits per heavy atom. The molecule has 0 bridgehead atoms. The Balaban J connectivity index is 1.69. The van der Waals surface area contributed by atoms with E-state index in [2.05, 4.69) is 10.2 Å². The largest absolute Gasteiger partial charge is 0.454 e. The summed E-state index contributed by atoms with van der Waals surface area (Å²) < 4.78 is 16.4. The quantitative estimate of drug-likeness (QED) is 0.493. The molecule has 1 atom stereocenters. The predicted octanol–water partition coefficient (Wildman–Crippen LogP) is 2.91. The van der Waals surface area contributed by atoms with E-state index in [0.717, 1.165) is 11.1 Å². The molecule has 0 radical (unpaired) electrons. The topological polar surface area (TPSA) is 116 Å². The summed E-state index contributed by atoms with van der Waals surface area (Å²) in [4.78, 5) is 10.6. The van der Waals surface area contributed by atoms with Gasteiger partial charge in [-0.15, -0.1) is 5.10 Å². The number of aromatic nitrogens is 2. The number of hydrogen-bond donors (Lipinski definition) is 0. The van der Waals surface area contributed by atoms with Crippen LogP contribution in [0, 0.1) is 10.1 Å². The predicted molar refractivity (Wildman–Crippen MR) is 101 cm³/mol. The molecule has 1 aromatic heterocycles. The molecule has 0 saturated heterocycles. The molecule has 0 saturated carbocycles. The molecule has 0 fully saturated rings. The summed E-state index contributed by atoms with van der Waals surface area (Å²) in [5.41, 5.74) is 3.22. The summed E-state index contributed by atoms with van der Waals surface area (Å²) in [5, 5.41) is 25.2. The average molecular weight is 393 g/mol. The number of hydrazone groups is 1. The highest BCUT2D eigenvalue weighted by Crippen LogP contribution is 2.38. The van der Waals surface area contributed by atoms with E-state index in [1.165, 1.54) is 18.5 Å². The lowest BCUT2D eigenvalue weighted by atomic mass is 9.94. The van der Waals surface area contributed by atoms with Gasteiger partial charge >= 0.3 is 6.01 Å². The summed E-state index contributed by atoms with van der Waals surface area (Å²) >= 11 is 0. The van der Waals surface area contributed by atoms with Gasteiger partial charge in [-0.1, -0.05) is 5.10 Å². The first-order valence-corrected chi connectivity index (χ1v) is 8.92. The Kier molecular flexibility index (Phi) is 3.90. The minimum absolute atomic E-state index is 0.0102. The molecule has 0 amide bonds. The van der Waals surface area contributed by atoms with E-state index in [1.807, 2.05) is 19.1 Å². The number of nitro benzene ring substituents is 1. The molecule has 29 heavy (non-hydrogen) atoms. The number of anilines is 1. The highest BCUT2D eigenvalue weighted by molar-refractivity contribution is 6.14. The lowest BCUT2D eigenvalue weighted by Crippen LogP contribution is -2.29. The first-order chi connectivity index (χ1) is 14.1. The summed E-state index contributed by atoms with van der Waals surface area (Å²) in [5.74, 6) is 1.32. The van der Waals surface area contributed by atoms with E-state index in [4.69, 9.17) is 19.0 Å². The number of nitrogens with zero attached hydrogens (tertiary/aromatic N) is 5. The van der Waals surface area contributed by atoms with Crippen molar-refractivity contribution >= 4 is 17.4 Å². The van der Waals surface area contributed by atoms with Gasteiger partial charge in [-0.25, -0.2) is 5.01 Å². The smallest absolute Gasteiger partial charge is 0.339 e. The number of nitro groups is 1. The third-order valence-electron chi connectivity index (χ3n) is 4.89. The standard InChI is InChI=1S/C19H15N5O5/c1-11-6-13-7-16-17(29-10-28-16)8-15(13)18(22-23(11)19-21-20-9-27-19)12-2-4-14(5-3-12)24(25)26/h2-5,7-9,11H,6,10H2,1H3. The number of hydrogen-bond acceptors (Lipinski definition) is 9. The Hall–Kier alpha value is -3.95. The van der Waals surface area contributed by atoms with Crippen molar-refractivity contribution in [3.05, 3.63) is 69.6 Å². The molecule has 3 aromatic rings. The van der Waals surface area contributed by atoms with E-state index < -0.39 is 4.92 Å². The van der Waals surface area contributed by atoms with Gasteiger partial charge in [0.25, 0.3) is 5.69 Å². The summed E-state index contributed by atoms with van der Waals surface area (Å²) in [6.45, 7) is 2.17. The van der Waals surface area contributed by atoms with Crippen molar-refractivity contribution in [3.63, 3.8) is 0 Å². The lowest BCUT2D eigenvalue weighted by molar-refractivity contribution is -0.384. The van der Waals surface area contributed by atoms with Crippen LogP contribution in [-0.2, 0) is 6.42 Å². The Labute approximate surface area is 164 Å². The van der Waals surface area contributed by atoms with Crippen LogP contribution in [0.3, 0.4) is 0 Å². The Bertz CT molecular complexity index is 1110. The van der Waals surface area contributed by atoms with Gasteiger partial charge in [-0.05, 0) is 43.2 Å². The zero-order chi connectivity index (χ0) is 20.0. The number of rotatable bonds is 3. The highest BCUT2D eigenvalue weighted by Gasteiger charge is 2.29. The SMILES string of the molecule is CC1Cc2cc3c(cc2C(c2ccc([N+](=O)[O-])cc2)=NN1c1nnco1)OCO3. The number of fused-ring (bicyclic) bond motifs is 2. The van der Waals surface area contributed by atoms with Crippen LogP contribution in [0.15, 0.2) is 52.3 Å². The van der Waals surface area contributed by atoms with E-state index in [0.29, 0.717) is 29.2 Å². The average Bonchev–Trinajstić information content (AvgIpc) is 3.38. The van der Waals surface area contributed by atoms with Crippen LogP contribution in [0.4, 0.5) is 11.7 Å². The molecule has 0 spiro atoms. The maximum absolute atomic E-state index is 11.0. The van der Waals surface area contributed by atoms with E-state index in [1.54, 1.807) is 17.1 Å². The van der Waals surface area contributed by atoms with Crippen molar-refractivity contribution in [1.82, 2.24) is 10.2 Å². The van der Waals surface area contributed by atoms with Gasteiger partial charge in [-0.2, -0.15) is 5.10 Å². The molecule has 2 aliphatic rings. The molecule has 0 aliphatic carbocycles. The molecule has 0 N–H and O–H groups in total. The Morgan fingerprint density at radius 3 is 2.62 bits per heavy atom. The maximum Gasteiger partial charge on any atom is 0.339 e. The van der Waals surface area contributed by atoms with Gasteiger partial charge in [0.05, 0.1) is 16.7 Å². The normalized spacial score (nSPS) is 17.5. The van der Waals surface area contributed by atoms with E-state index in [-0.39, 0.29) is 24.5 Å². The lowest BCUT2D eigenvalue weighted by Gasteiger charge is -2.20. The second-order valence-electron chi connectivity index (χ2n) is 6.73. The van der Waals surface area contributed by atoms with Crippen molar-refractivity contribution in [2.24, 2.45) is 5.10 Å². The molecule has 146 valence electrons. The van der Waals surface area contributed by atoms with Crippen LogP contribution in [0.1, 0.15) is 23.6 Å². The van der Waals surface area contributed by atoms with Gasteiger partial charge < -0.3 is 13.9 Å². The molecule has 3 heterocycles. The van der Waals surface area contributed by atoms with Crippen LogP contribution in [-0.4, -0.2) is 33.7 Å². The van der Waals surface area contributed by atoms with Gasteiger partial charge in [0.15, 0.2) is 11.5 Å². The molecule has 10 nitrogen and oxygen atoms in total. The molecule has 2 aliphatic heterocycles. The maximum atomic E-state index is 11.0. The molecular weight excluding hydrogens is 378 g/mol. The fourth-order valence-electron chi connectivity index (χ4n) is 3.49. The highest BCUT2D eigenvalue weighted by atomic mass is 16.7. The van der Waals surface area contributed by atoms with Crippen LogP contribution >= 0.6 is 0 Å². The fraction of sp³-hybridized carbons (Fsp3) is 0.211. The zero-order valence-electron chi connectivity index (χ0n) is 15.3. The monoisotopic (exact) mass is 393 g/mol. The van der Waals surface area contributed by atoms with Crippen LogP contribution in [0.25, 0.3) is 0 Å². The van der Waals surface area contributed by atoms with Crippen molar-refractivity contribution in [3.8, 4) is 11.5 Å². The summed E-state index contributed by atoms with van der Waals surface area (Å²) in [7, 11) is 0. The number of ether oxygens (including phenoxy) is 2. The van der Waals surface area contributed by atoms with Gasteiger partial charge in [0, 0.05) is 23.3 Å². The molecular formula is C19H15N5O5. The fourth-order valence-corrected chi connectivity index (χ4v) is 3.49. The number of benzene rings is 2. The third-order valence-corrected chi connectivity index (χ3v) is 4.89. The van der Waals surface area contributed by atoms with Crippen molar-refractivity contribution in [2.75, 3.05) is 11.8 Å². The van der Waals surface area contributed by atoms with Gasteiger partial charge in [0.2, 0.25) is 13.2 Å². The second kappa shape index (κ2) is 6.59. The minimum atomic E-state index is -0.433. The zero-order valence-corrected chi connectivity index (χ0v) is 15.3. The van der Waals surface area contributed by atoms with E-state index in [9.17, 15) is 10.1 Å². The van der Waals surface area contributed by atoms with Crippen LogP contribution in [0.2, 0.25) is 0 Å². The molecule has 1 unspecified atom stereocenters. The Morgan fingerprint density at radius 1 is 1.17 bits per heavy atom. The second-order valence-corrected chi connectivity index (χ2v) is 6.73. The molecule has 5 rings (SSSR count). The first kappa shape index (κ1) is 17.2. The summed E-state index contributed by atoms with van der Waals surface area (Å²) in [6, 6.07) is 10.3. The van der Waals surface area contributed by atoms with Crippen molar-refractivity contribution in [2.45, 2.75) is 19.4 Å². The van der Waals surface area contributed by atoms with Crippen LogP contribution < -0.4 is 14.5 Å². The molecule has 10 heteroatoms. The minimum Gasteiger partial charge on any atom is -0.454 e.